The highest BCUT2D eigenvalue weighted by Gasteiger charge is 2.11. The van der Waals surface area contributed by atoms with E-state index < -0.39 is 0 Å². The van der Waals surface area contributed by atoms with Gasteiger partial charge in [-0.1, -0.05) is 6.07 Å². The Hall–Kier alpha value is -2.67. The van der Waals surface area contributed by atoms with Gasteiger partial charge < -0.3 is 14.6 Å². The predicted octanol–water partition coefficient (Wildman–Crippen LogP) is 4.22. The van der Waals surface area contributed by atoms with Gasteiger partial charge in [-0.3, -0.25) is 4.79 Å². The molecule has 2 aromatic heterocycles. The number of carbonyl (C=O) groups is 1. The molecule has 0 saturated heterocycles. The van der Waals surface area contributed by atoms with Gasteiger partial charge in [0.25, 0.3) is 5.89 Å². The van der Waals surface area contributed by atoms with Gasteiger partial charge >= 0.3 is 0 Å². The number of nitrogens with one attached hydrogen (secondary N) is 1. The number of aromatic nitrogens is 2. The minimum atomic E-state index is -0.0727. The smallest absolute Gasteiger partial charge is 0.257 e. The Morgan fingerprint density at radius 2 is 1.92 bits per heavy atom. The molecule has 3 rings (SSSR count). The van der Waals surface area contributed by atoms with Crippen molar-refractivity contribution in [1.29, 1.82) is 0 Å². The summed E-state index contributed by atoms with van der Waals surface area (Å²) in [6.07, 6.45) is 0.714. The van der Waals surface area contributed by atoms with Crippen LogP contribution in [-0.4, -0.2) is 29.2 Å². The third-order valence-electron chi connectivity index (χ3n) is 4.04. The van der Waals surface area contributed by atoms with Gasteiger partial charge in [-0.25, -0.2) is 0 Å². The van der Waals surface area contributed by atoms with Crippen LogP contribution >= 0.6 is 11.3 Å². The van der Waals surface area contributed by atoms with E-state index in [1.165, 1.54) is 0 Å². The molecule has 0 atom stereocenters. The molecule has 2 heterocycles. The maximum Gasteiger partial charge on any atom is 0.257 e. The number of rotatable bonds is 8. The number of nitrogens with zero attached hydrogens (tertiary/aromatic N) is 3. The quantitative estimate of drug-likeness (QED) is 0.643. The fourth-order valence-electron chi connectivity index (χ4n) is 2.64. The van der Waals surface area contributed by atoms with Crippen molar-refractivity contribution >= 4 is 28.6 Å². The van der Waals surface area contributed by atoms with Crippen LogP contribution in [0.5, 0.6) is 0 Å². The summed E-state index contributed by atoms with van der Waals surface area (Å²) in [6, 6.07) is 11.8. The highest BCUT2D eigenvalue weighted by Crippen LogP contribution is 2.23. The average molecular weight is 370 g/mol. The van der Waals surface area contributed by atoms with E-state index in [1.807, 2.05) is 41.8 Å². The van der Waals surface area contributed by atoms with Crippen molar-refractivity contribution in [3.63, 3.8) is 0 Å². The molecule has 1 amide bonds. The molecule has 0 bridgehead atoms. The van der Waals surface area contributed by atoms with Gasteiger partial charge in [0.2, 0.25) is 11.8 Å². The second-order valence-corrected chi connectivity index (χ2v) is 6.69. The molecule has 0 aliphatic rings. The zero-order valence-corrected chi connectivity index (χ0v) is 15.8. The summed E-state index contributed by atoms with van der Waals surface area (Å²) in [4.78, 5) is 15.3. The van der Waals surface area contributed by atoms with Crippen LogP contribution in [0.1, 0.15) is 26.2 Å². The predicted molar refractivity (Wildman–Crippen MR) is 105 cm³/mol. The number of amides is 1. The number of anilines is 2. The first kappa shape index (κ1) is 18.1. The fraction of sp³-hybridized carbons (Fsp3) is 0.316. The minimum Gasteiger partial charge on any atom is -0.420 e. The van der Waals surface area contributed by atoms with Crippen molar-refractivity contribution in [3.05, 3.63) is 47.7 Å². The number of aryl methyl sites for hydroxylation is 1. The van der Waals surface area contributed by atoms with Gasteiger partial charge in [0.15, 0.2) is 0 Å². The van der Waals surface area contributed by atoms with Crippen molar-refractivity contribution in [2.45, 2.75) is 26.7 Å². The summed E-state index contributed by atoms with van der Waals surface area (Å²) in [6.45, 7) is 6.17. The first-order valence-electron chi connectivity index (χ1n) is 8.70. The van der Waals surface area contributed by atoms with E-state index in [4.69, 9.17) is 4.42 Å². The molecule has 1 aromatic carbocycles. The summed E-state index contributed by atoms with van der Waals surface area (Å²) in [5.74, 6) is 0.902. The standard InChI is InChI=1S/C19H22N4O2S/c1-3-23(4-2)15-9-7-14(8-10-15)20-17(24)11-12-18-21-22-19(25-18)16-6-5-13-26-16/h5-10,13H,3-4,11-12H2,1-2H3,(H,20,24). The molecule has 0 aliphatic heterocycles. The van der Waals surface area contributed by atoms with Crippen LogP contribution in [0.15, 0.2) is 46.2 Å². The van der Waals surface area contributed by atoms with Crippen LogP contribution in [-0.2, 0) is 11.2 Å². The lowest BCUT2D eigenvalue weighted by atomic mass is 10.2. The second-order valence-electron chi connectivity index (χ2n) is 5.75. The molecule has 0 spiro atoms. The van der Waals surface area contributed by atoms with E-state index in [0.29, 0.717) is 24.6 Å². The number of hydrogen-bond donors (Lipinski definition) is 1. The molecule has 0 saturated carbocycles. The van der Waals surface area contributed by atoms with Gasteiger partial charge in [-0.2, -0.15) is 0 Å². The maximum atomic E-state index is 12.1. The van der Waals surface area contributed by atoms with Crippen molar-refractivity contribution in [2.24, 2.45) is 0 Å². The third-order valence-corrected chi connectivity index (χ3v) is 4.90. The first-order valence-corrected chi connectivity index (χ1v) is 9.58. The van der Waals surface area contributed by atoms with Crippen molar-refractivity contribution in [3.8, 4) is 10.8 Å². The molecule has 0 radical (unpaired) electrons. The highest BCUT2D eigenvalue weighted by atomic mass is 32.1. The maximum absolute atomic E-state index is 12.1. The van der Waals surface area contributed by atoms with Crippen LogP contribution in [0.25, 0.3) is 10.8 Å². The zero-order chi connectivity index (χ0) is 18.4. The van der Waals surface area contributed by atoms with E-state index >= 15 is 0 Å². The third kappa shape index (κ3) is 4.49. The normalized spacial score (nSPS) is 10.7. The molecule has 1 N–H and O–H groups in total. The molecular formula is C19H22N4O2S. The van der Waals surface area contributed by atoms with Crippen molar-refractivity contribution in [2.75, 3.05) is 23.3 Å². The summed E-state index contributed by atoms with van der Waals surface area (Å²) < 4.78 is 5.60. The summed E-state index contributed by atoms with van der Waals surface area (Å²) in [5, 5.41) is 12.9. The number of hydrogen-bond acceptors (Lipinski definition) is 6. The molecule has 6 nitrogen and oxygen atoms in total. The molecule has 26 heavy (non-hydrogen) atoms. The Morgan fingerprint density at radius 3 is 2.58 bits per heavy atom. The number of benzene rings is 1. The molecule has 0 unspecified atom stereocenters. The van der Waals surface area contributed by atoms with Gasteiger partial charge in [0.05, 0.1) is 4.88 Å². The topological polar surface area (TPSA) is 71.3 Å². The SMILES string of the molecule is CCN(CC)c1ccc(NC(=O)CCc2nnc(-c3cccs3)o2)cc1. The lowest BCUT2D eigenvalue weighted by Crippen LogP contribution is -2.21. The molecule has 3 aromatic rings. The lowest BCUT2D eigenvalue weighted by Gasteiger charge is -2.21. The molecular weight excluding hydrogens is 348 g/mol. The average Bonchev–Trinajstić information content (AvgIpc) is 3.34. The fourth-order valence-corrected chi connectivity index (χ4v) is 3.29. The van der Waals surface area contributed by atoms with Crippen LogP contribution < -0.4 is 10.2 Å². The van der Waals surface area contributed by atoms with E-state index in [-0.39, 0.29) is 5.91 Å². The summed E-state index contributed by atoms with van der Waals surface area (Å²) >= 11 is 1.54. The lowest BCUT2D eigenvalue weighted by molar-refractivity contribution is -0.116. The van der Waals surface area contributed by atoms with Gasteiger partial charge in [-0.05, 0) is 49.6 Å². The minimum absolute atomic E-state index is 0.0727. The Balaban J connectivity index is 1.51. The van der Waals surface area contributed by atoms with E-state index in [9.17, 15) is 4.79 Å². The molecule has 0 fully saturated rings. The molecule has 7 heteroatoms. The van der Waals surface area contributed by atoms with Gasteiger partial charge in [0.1, 0.15) is 0 Å². The largest absolute Gasteiger partial charge is 0.420 e. The Bertz CT molecular complexity index is 824. The molecule has 136 valence electrons. The molecule has 0 aliphatic carbocycles. The van der Waals surface area contributed by atoms with Gasteiger partial charge in [0, 0.05) is 37.3 Å². The Labute approximate surface area is 156 Å². The first-order chi connectivity index (χ1) is 12.7. The Morgan fingerprint density at radius 1 is 1.15 bits per heavy atom. The summed E-state index contributed by atoms with van der Waals surface area (Å²) in [5.41, 5.74) is 1.94. The van der Waals surface area contributed by atoms with Crippen molar-refractivity contribution < 1.29 is 9.21 Å². The van der Waals surface area contributed by atoms with E-state index in [2.05, 4.69) is 34.3 Å². The van der Waals surface area contributed by atoms with Crippen LogP contribution in [0.3, 0.4) is 0 Å². The van der Waals surface area contributed by atoms with E-state index in [0.717, 1.165) is 29.3 Å². The summed E-state index contributed by atoms with van der Waals surface area (Å²) in [7, 11) is 0. The van der Waals surface area contributed by atoms with Crippen molar-refractivity contribution in [1.82, 2.24) is 10.2 Å². The zero-order valence-electron chi connectivity index (χ0n) is 14.9. The van der Waals surface area contributed by atoms with Gasteiger partial charge in [-0.15, -0.1) is 21.5 Å². The van der Waals surface area contributed by atoms with Crippen LogP contribution in [0.4, 0.5) is 11.4 Å². The highest BCUT2D eigenvalue weighted by molar-refractivity contribution is 7.13. The van der Waals surface area contributed by atoms with E-state index in [1.54, 1.807) is 11.3 Å². The number of carbonyl (C=O) groups excluding carboxylic acids is 1. The van der Waals surface area contributed by atoms with Crippen LogP contribution in [0, 0.1) is 0 Å². The Kier molecular flexibility index (Phi) is 6.01. The second kappa shape index (κ2) is 8.62. The monoisotopic (exact) mass is 370 g/mol. The number of thiophene rings is 1. The van der Waals surface area contributed by atoms with Crippen LogP contribution in [0.2, 0.25) is 0 Å².